The molecule has 2 aromatic heterocycles. The van der Waals surface area contributed by atoms with Crippen LogP contribution >= 0.6 is 0 Å². The molecule has 0 bridgehead atoms. The number of H-pyrrole nitrogens is 2. The lowest BCUT2D eigenvalue weighted by atomic mass is 10.1. The summed E-state index contributed by atoms with van der Waals surface area (Å²) in [5.41, 5.74) is 5.78. The molecule has 0 saturated heterocycles. The summed E-state index contributed by atoms with van der Waals surface area (Å²) < 4.78 is 0.952. The number of carboxylic acid groups (broad SMARTS) is 1. The van der Waals surface area contributed by atoms with Gasteiger partial charge in [0.05, 0.1) is 34.1 Å². The van der Waals surface area contributed by atoms with Gasteiger partial charge in [-0.05, 0) is 54.3 Å². The molecule has 0 fully saturated rings. The molecule has 0 aliphatic heterocycles. The number of hydrogen-bond donors (Lipinski definition) is 3. The van der Waals surface area contributed by atoms with Crippen LogP contribution in [0.4, 0.5) is 0 Å². The highest BCUT2D eigenvalue weighted by Crippen LogP contribution is 2.23. The molecule has 5 nitrogen and oxygen atoms in total. The van der Waals surface area contributed by atoms with Crippen LogP contribution in [0.15, 0.2) is 42.5 Å². The molecule has 0 atom stereocenters. The minimum absolute atomic E-state index is 0.0103. The van der Waals surface area contributed by atoms with Gasteiger partial charge in [-0.1, -0.05) is 30.3 Å². The number of hydrogen-bond acceptors (Lipinski definition) is 1. The number of carboxylic acids is 1. The summed E-state index contributed by atoms with van der Waals surface area (Å²) >= 11 is 0. The fraction of sp³-hybridized carbons (Fsp3) is 0.320. The standard InChI is InChI=1S/C25H31N3O2/c1-18-15-21(12-13-25(29)30)26-22(18)17-24-20(11-8-14-28(2,3)4)16-23(27-24)19-9-6-5-7-10-19/h5-7,9-10,12,15-17,26-27H,8,11,13-14H2,1-4H3/p+1/b21-12+,22-17-. The van der Waals surface area contributed by atoms with E-state index < -0.39 is 5.97 Å². The molecule has 1 aromatic carbocycles. The van der Waals surface area contributed by atoms with Crippen LogP contribution < -0.4 is 10.7 Å². The fourth-order valence-electron chi connectivity index (χ4n) is 3.57. The number of aromatic nitrogens is 2. The van der Waals surface area contributed by atoms with Gasteiger partial charge in [-0.15, -0.1) is 0 Å². The third kappa shape index (κ3) is 5.97. The Morgan fingerprint density at radius 1 is 1.10 bits per heavy atom. The summed E-state index contributed by atoms with van der Waals surface area (Å²) in [5.74, 6) is -0.829. The van der Waals surface area contributed by atoms with E-state index in [0.29, 0.717) is 0 Å². The second kappa shape index (κ2) is 9.18. The lowest BCUT2D eigenvalue weighted by Gasteiger charge is -2.23. The Morgan fingerprint density at radius 2 is 1.83 bits per heavy atom. The number of carbonyl (C=O) groups is 1. The predicted molar refractivity (Wildman–Crippen MR) is 123 cm³/mol. The highest BCUT2D eigenvalue weighted by atomic mass is 16.4. The van der Waals surface area contributed by atoms with Crippen molar-refractivity contribution in [2.24, 2.45) is 0 Å². The van der Waals surface area contributed by atoms with Crippen LogP contribution in [0.1, 0.15) is 29.7 Å². The molecule has 0 spiro atoms. The van der Waals surface area contributed by atoms with Gasteiger partial charge >= 0.3 is 5.97 Å². The summed E-state index contributed by atoms with van der Waals surface area (Å²) in [6.45, 7) is 3.15. The normalized spacial score (nSPS) is 13.2. The molecule has 0 aliphatic rings. The average molecular weight is 407 g/mol. The number of benzene rings is 1. The minimum Gasteiger partial charge on any atom is -0.481 e. The summed E-state index contributed by atoms with van der Waals surface area (Å²) in [7, 11) is 6.66. The number of rotatable bonds is 8. The molecule has 3 rings (SSSR count). The van der Waals surface area contributed by atoms with Crippen molar-refractivity contribution in [1.82, 2.24) is 9.97 Å². The van der Waals surface area contributed by atoms with Gasteiger partial charge in [0.25, 0.3) is 0 Å². The Bertz CT molecular complexity index is 1120. The van der Waals surface area contributed by atoms with E-state index in [9.17, 15) is 4.79 Å². The number of aryl methyl sites for hydroxylation is 2. The maximum absolute atomic E-state index is 10.8. The second-order valence-corrected chi connectivity index (χ2v) is 8.87. The van der Waals surface area contributed by atoms with Crippen molar-refractivity contribution < 1.29 is 14.4 Å². The third-order valence-corrected chi connectivity index (χ3v) is 5.15. The van der Waals surface area contributed by atoms with Crippen LogP contribution in [0.2, 0.25) is 0 Å². The van der Waals surface area contributed by atoms with E-state index in [0.717, 1.165) is 51.5 Å². The summed E-state index contributed by atoms with van der Waals surface area (Å²) in [6.07, 6.45) is 5.97. The summed E-state index contributed by atoms with van der Waals surface area (Å²) in [4.78, 5) is 17.8. The molecule has 30 heavy (non-hydrogen) atoms. The van der Waals surface area contributed by atoms with Crippen molar-refractivity contribution in [3.05, 3.63) is 70.0 Å². The number of nitrogens with one attached hydrogen (secondary N) is 2. The number of aliphatic carboxylic acids is 1. The Kier molecular flexibility index (Phi) is 6.63. The van der Waals surface area contributed by atoms with E-state index in [-0.39, 0.29) is 6.42 Å². The van der Waals surface area contributed by atoms with E-state index in [2.05, 4.69) is 67.5 Å². The van der Waals surface area contributed by atoms with Gasteiger partial charge in [0.15, 0.2) is 0 Å². The fourth-order valence-corrected chi connectivity index (χ4v) is 3.57. The molecule has 158 valence electrons. The van der Waals surface area contributed by atoms with E-state index in [1.807, 2.05) is 19.1 Å². The van der Waals surface area contributed by atoms with Gasteiger partial charge < -0.3 is 19.6 Å². The first-order valence-electron chi connectivity index (χ1n) is 10.4. The first-order chi connectivity index (χ1) is 14.2. The third-order valence-electron chi connectivity index (χ3n) is 5.15. The van der Waals surface area contributed by atoms with Crippen LogP contribution in [-0.4, -0.2) is 53.2 Å². The maximum Gasteiger partial charge on any atom is 0.307 e. The van der Waals surface area contributed by atoms with Gasteiger partial charge in [0.2, 0.25) is 0 Å². The SMILES string of the molecule is Cc1c/c(=C\CC(=O)O)[nH]/c1=C\c1[nH]c(-c2ccccc2)cc1CCC[N+](C)(C)C. The Hall–Kier alpha value is -3.05. The molecular formula is C25H32N3O2+. The highest BCUT2D eigenvalue weighted by Gasteiger charge is 2.11. The van der Waals surface area contributed by atoms with Gasteiger partial charge in [0, 0.05) is 28.5 Å². The van der Waals surface area contributed by atoms with Crippen LogP contribution in [0.3, 0.4) is 0 Å². The first kappa shape index (κ1) is 21.7. The molecule has 3 N–H and O–H groups in total. The van der Waals surface area contributed by atoms with Gasteiger partial charge in [-0.3, -0.25) is 4.79 Å². The number of aromatic amines is 2. The number of nitrogens with zero attached hydrogens (tertiary/aromatic N) is 1. The zero-order valence-corrected chi connectivity index (χ0v) is 18.3. The van der Waals surface area contributed by atoms with E-state index in [4.69, 9.17) is 5.11 Å². The maximum atomic E-state index is 10.8. The summed E-state index contributed by atoms with van der Waals surface area (Å²) in [6, 6.07) is 14.6. The van der Waals surface area contributed by atoms with Gasteiger partial charge in [-0.25, -0.2) is 0 Å². The molecule has 0 aliphatic carbocycles. The highest BCUT2D eigenvalue weighted by molar-refractivity contribution is 5.73. The molecular weight excluding hydrogens is 374 g/mol. The molecule has 2 heterocycles. The minimum atomic E-state index is -0.829. The smallest absolute Gasteiger partial charge is 0.307 e. The van der Waals surface area contributed by atoms with Gasteiger partial charge in [0.1, 0.15) is 0 Å². The molecule has 0 unspecified atom stereocenters. The van der Waals surface area contributed by atoms with E-state index in [1.165, 1.54) is 11.1 Å². The van der Waals surface area contributed by atoms with Gasteiger partial charge in [-0.2, -0.15) is 0 Å². The van der Waals surface area contributed by atoms with E-state index in [1.54, 1.807) is 6.08 Å². The zero-order chi connectivity index (χ0) is 21.7. The molecule has 0 amide bonds. The average Bonchev–Trinajstić information content (AvgIpc) is 3.24. The predicted octanol–water partition coefficient (Wildman–Crippen LogP) is 3.04. The van der Waals surface area contributed by atoms with Crippen molar-refractivity contribution >= 4 is 18.1 Å². The van der Waals surface area contributed by atoms with Crippen LogP contribution in [-0.2, 0) is 11.2 Å². The quantitative estimate of drug-likeness (QED) is 0.503. The van der Waals surface area contributed by atoms with Crippen LogP contribution in [0.5, 0.6) is 0 Å². The Labute approximate surface area is 178 Å². The Morgan fingerprint density at radius 3 is 2.50 bits per heavy atom. The van der Waals surface area contributed by atoms with Crippen molar-refractivity contribution in [3.8, 4) is 11.3 Å². The van der Waals surface area contributed by atoms with Crippen molar-refractivity contribution in [3.63, 3.8) is 0 Å². The zero-order valence-electron chi connectivity index (χ0n) is 18.3. The lowest BCUT2D eigenvalue weighted by molar-refractivity contribution is -0.870. The van der Waals surface area contributed by atoms with E-state index >= 15 is 0 Å². The largest absolute Gasteiger partial charge is 0.481 e. The molecule has 3 aromatic rings. The molecule has 0 radical (unpaired) electrons. The van der Waals surface area contributed by atoms with Crippen molar-refractivity contribution in [2.45, 2.75) is 26.2 Å². The topological polar surface area (TPSA) is 68.9 Å². The van der Waals surface area contributed by atoms with Crippen LogP contribution in [0.25, 0.3) is 23.4 Å². The lowest BCUT2D eigenvalue weighted by Crippen LogP contribution is -2.35. The molecule has 0 saturated carbocycles. The monoisotopic (exact) mass is 406 g/mol. The summed E-state index contributed by atoms with van der Waals surface area (Å²) in [5, 5.41) is 10.8. The van der Waals surface area contributed by atoms with Crippen molar-refractivity contribution in [2.75, 3.05) is 27.7 Å². The van der Waals surface area contributed by atoms with Crippen molar-refractivity contribution in [1.29, 1.82) is 0 Å². The first-order valence-corrected chi connectivity index (χ1v) is 10.4. The Balaban J connectivity index is 1.98. The van der Waals surface area contributed by atoms with Crippen LogP contribution in [0, 0.1) is 6.92 Å². The molecule has 5 heteroatoms. The second-order valence-electron chi connectivity index (χ2n) is 8.87. The number of quaternary nitrogens is 1.